The second kappa shape index (κ2) is 6.43. The molecule has 0 spiro atoms. The van der Waals surface area contributed by atoms with E-state index >= 15 is 0 Å². The molecule has 1 atom stereocenters. The van der Waals surface area contributed by atoms with Gasteiger partial charge in [-0.15, -0.1) is 0 Å². The highest BCUT2D eigenvalue weighted by Crippen LogP contribution is 2.24. The van der Waals surface area contributed by atoms with E-state index in [0.717, 1.165) is 27.1 Å². The number of aromatic nitrogens is 2. The molecular weight excluding hydrogens is 330 g/mol. The number of hydrogen-bond acceptors (Lipinski definition) is 3. The Morgan fingerprint density at radius 3 is 2.52 bits per heavy atom. The van der Waals surface area contributed by atoms with E-state index in [1.807, 2.05) is 38.2 Å². The third-order valence-corrected chi connectivity index (χ3v) is 4.70. The predicted octanol–water partition coefficient (Wildman–Crippen LogP) is 3.38. The molecule has 0 fully saturated rings. The molecule has 112 valence electrons. The number of halogens is 1. The molecule has 0 saturated carbocycles. The number of carbonyl (C=O) groups excluding carboxylic acids is 1. The largest absolute Gasteiger partial charge is 0.399 e. The smallest absolute Gasteiger partial charge is 0.139 e. The number of hydrogen-bond donors (Lipinski definition) is 1. The van der Waals surface area contributed by atoms with Gasteiger partial charge in [0.05, 0.1) is 15.9 Å². The van der Waals surface area contributed by atoms with Gasteiger partial charge < -0.3 is 5.73 Å². The summed E-state index contributed by atoms with van der Waals surface area (Å²) < 4.78 is 2.70. The van der Waals surface area contributed by atoms with Crippen LogP contribution in [0.1, 0.15) is 36.2 Å². The fraction of sp³-hybridized carbons (Fsp3) is 0.375. The quantitative estimate of drug-likeness (QED) is 0.841. The highest BCUT2D eigenvalue weighted by molar-refractivity contribution is 9.10. The first-order valence-electron chi connectivity index (χ1n) is 6.93. The Balaban J connectivity index is 2.03. The molecular formula is C16H20BrN3O. The van der Waals surface area contributed by atoms with Gasteiger partial charge in [0, 0.05) is 25.6 Å². The molecule has 5 heteroatoms. The molecule has 2 N–H and O–H groups in total. The van der Waals surface area contributed by atoms with Crippen LogP contribution in [0.3, 0.4) is 0 Å². The van der Waals surface area contributed by atoms with Crippen molar-refractivity contribution in [2.75, 3.05) is 5.73 Å². The van der Waals surface area contributed by atoms with Crippen LogP contribution in [-0.4, -0.2) is 15.6 Å². The summed E-state index contributed by atoms with van der Waals surface area (Å²) in [5.74, 6) is 0.397. The van der Waals surface area contributed by atoms with Crippen LogP contribution in [0.4, 0.5) is 5.69 Å². The van der Waals surface area contributed by atoms with Gasteiger partial charge in [-0.1, -0.05) is 19.1 Å². The lowest BCUT2D eigenvalue weighted by Crippen LogP contribution is -2.11. The molecule has 1 heterocycles. The summed E-state index contributed by atoms with van der Waals surface area (Å²) in [5.41, 5.74) is 9.40. The second-order valence-electron chi connectivity index (χ2n) is 5.46. The summed E-state index contributed by atoms with van der Waals surface area (Å²) in [6.45, 7) is 3.99. The number of nitrogen functional groups attached to an aromatic ring is 1. The number of nitrogens with zero attached hydrogens (tertiary/aromatic N) is 2. The molecule has 0 aliphatic heterocycles. The Hall–Kier alpha value is -1.62. The Morgan fingerprint density at radius 1 is 1.38 bits per heavy atom. The summed E-state index contributed by atoms with van der Waals surface area (Å²) in [4.78, 5) is 12.3. The van der Waals surface area contributed by atoms with E-state index in [4.69, 9.17) is 5.73 Å². The van der Waals surface area contributed by atoms with Gasteiger partial charge in [-0.05, 0) is 46.5 Å². The minimum atomic E-state index is 0.186. The Morgan fingerprint density at radius 2 is 2.00 bits per heavy atom. The van der Waals surface area contributed by atoms with Gasteiger partial charge in [-0.3, -0.25) is 9.48 Å². The number of ketones is 1. The fourth-order valence-electron chi connectivity index (χ4n) is 2.41. The fourth-order valence-corrected chi connectivity index (χ4v) is 2.89. The minimum Gasteiger partial charge on any atom is -0.399 e. The molecule has 2 aromatic rings. The molecule has 0 aliphatic carbocycles. The van der Waals surface area contributed by atoms with E-state index in [0.29, 0.717) is 12.8 Å². The molecule has 21 heavy (non-hydrogen) atoms. The van der Waals surface area contributed by atoms with Crippen LogP contribution in [0.15, 0.2) is 28.7 Å². The highest BCUT2D eigenvalue weighted by atomic mass is 79.9. The van der Waals surface area contributed by atoms with Crippen molar-refractivity contribution in [3.63, 3.8) is 0 Å². The highest BCUT2D eigenvalue weighted by Gasteiger charge is 2.17. The van der Waals surface area contributed by atoms with Crippen molar-refractivity contribution >= 4 is 27.4 Å². The molecule has 1 aromatic heterocycles. The third kappa shape index (κ3) is 3.73. The maximum Gasteiger partial charge on any atom is 0.139 e. The zero-order valence-corrected chi connectivity index (χ0v) is 14.1. The number of rotatable bonds is 5. The first-order chi connectivity index (χ1) is 9.88. The molecule has 0 bridgehead atoms. The van der Waals surface area contributed by atoms with Crippen molar-refractivity contribution in [1.82, 2.24) is 9.78 Å². The molecule has 0 radical (unpaired) electrons. The van der Waals surface area contributed by atoms with Crippen molar-refractivity contribution < 1.29 is 4.79 Å². The van der Waals surface area contributed by atoms with Crippen molar-refractivity contribution in [3.8, 4) is 0 Å². The SMILES string of the molecule is Cc1nn(C)c(CC(=O)CC(C)c2ccc(N)cc2)c1Br. The van der Waals surface area contributed by atoms with E-state index in [2.05, 4.69) is 28.0 Å². The van der Waals surface area contributed by atoms with Gasteiger partial charge >= 0.3 is 0 Å². The lowest BCUT2D eigenvalue weighted by molar-refractivity contribution is -0.118. The van der Waals surface area contributed by atoms with E-state index in [9.17, 15) is 4.79 Å². The Kier molecular flexibility index (Phi) is 4.83. The van der Waals surface area contributed by atoms with Gasteiger partial charge in [-0.2, -0.15) is 5.10 Å². The van der Waals surface area contributed by atoms with Crippen molar-refractivity contribution in [3.05, 3.63) is 45.7 Å². The number of nitrogens with two attached hydrogens (primary N) is 1. The second-order valence-corrected chi connectivity index (χ2v) is 6.25. The van der Waals surface area contributed by atoms with E-state index in [-0.39, 0.29) is 11.7 Å². The first-order valence-corrected chi connectivity index (χ1v) is 7.73. The van der Waals surface area contributed by atoms with Crippen LogP contribution >= 0.6 is 15.9 Å². The van der Waals surface area contributed by atoms with Gasteiger partial charge in [-0.25, -0.2) is 0 Å². The normalized spacial score (nSPS) is 12.4. The number of benzene rings is 1. The van der Waals surface area contributed by atoms with E-state index in [1.165, 1.54) is 0 Å². The molecule has 1 aromatic carbocycles. The lowest BCUT2D eigenvalue weighted by atomic mass is 9.94. The minimum absolute atomic E-state index is 0.186. The van der Waals surface area contributed by atoms with Crippen molar-refractivity contribution in [2.24, 2.45) is 7.05 Å². The maximum absolute atomic E-state index is 12.3. The molecule has 4 nitrogen and oxygen atoms in total. The Bertz CT molecular complexity index is 646. The number of anilines is 1. The van der Waals surface area contributed by atoms with Gasteiger partial charge in [0.15, 0.2) is 0 Å². The Labute approximate surface area is 133 Å². The number of carbonyl (C=O) groups is 1. The third-order valence-electron chi connectivity index (χ3n) is 3.67. The van der Waals surface area contributed by atoms with E-state index in [1.54, 1.807) is 4.68 Å². The summed E-state index contributed by atoms with van der Waals surface area (Å²) in [7, 11) is 1.86. The maximum atomic E-state index is 12.3. The average molecular weight is 350 g/mol. The molecule has 0 aliphatic rings. The zero-order chi connectivity index (χ0) is 15.6. The van der Waals surface area contributed by atoms with Crippen LogP contribution in [0, 0.1) is 6.92 Å². The predicted molar refractivity (Wildman–Crippen MR) is 88.2 cm³/mol. The van der Waals surface area contributed by atoms with Crippen LogP contribution < -0.4 is 5.73 Å². The average Bonchev–Trinajstić information content (AvgIpc) is 2.66. The molecule has 1 unspecified atom stereocenters. The number of Topliss-reactive ketones (excluding diaryl/α,β-unsaturated/α-hetero) is 1. The monoisotopic (exact) mass is 349 g/mol. The van der Waals surface area contributed by atoms with Crippen LogP contribution in [0.2, 0.25) is 0 Å². The van der Waals surface area contributed by atoms with E-state index < -0.39 is 0 Å². The van der Waals surface area contributed by atoms with Crippen molar-refractivity contribution in [2.45, 2.75) is 32.6 Å². The standard InChI is InChI=1S/C16H20BrN3O/c1-10(12-4-6-13(18)7-5-12)8-14(21)9-15-16(17)11(2)19-20(15)3/h4-7,10H,8-9,18H2,1-3H3. The molecule has 2 rings (SSSR count). The summed E-state index contributed by atoms with van der Waals surface area (Å²) >= 11 is 3.50. The van der Waals surface area contributed by atoms with Crippen molar-refractivity contribution in [1.29, 1.82) is 0 Å². The summed E-state index contributed by atoms with van der Waals surface area (Å²) in [5, 5.41) is 4.31. The molecule has 0 saturated heterocycles. The topological polar surface area (TPSA) is 60.9 Å². The van der Waals surface area contributed by atoms with Gasteiger partial charge in [0.2, 0.25) is 0 Å². The van der Waals surface area contributed by atoms with Crippen LogP contribution in [-0.2, 0) is 18.3 Å². The molecule has 0 amide bonds. The zero-order valence-electron chi connectivity index (χ0n) is 12.6. The summed E-state index contributed by atoms with van der Waals surface area (Å²) in [6, 6.07) is 7.71. The first kappa shape index (κ1) is 15.8. The number of aryl methyl sites for hydroxylation is 2. The van der Waals surface area contributed by atoms with Crippen LogP contribution in [0.5, 0.6) is 0 Å². The summed E-state index contributed by atoms with van der Waals surface area (Å²) in [6.07, 6.45) is 0.915. The van der Waals surface area contributed by atoms with Gasteiger partial charge in [0.1, 0.15) is 5.78 Å². The van der Waals surface area contributed by atoms with Gasteiger partial charge in [0.25, 0.3) is 0 Å². The van der Waals surface area contributed by atoms with Crippen LogP contribution in [0.25, 0.3) is 0 Å². The lowest BCUT2D eigenvalue weighted by Gasteiger charge is -2.11.